The van der Waals surface area contributed by atoms with Gasteiger partial charge in [0.1, 0.15) is 0 Å². The van der Waals surface area contributed by atoms with Crippen LogP contribution in [0, 0.1) is 0 Å². The lowest BCUT2D eigenvalue weighted by Gasteiger charge is -2.31. The number of likely N-dealkylation sites (N-methyl/N-ethyl adjacent to an activating group) is 1. The van der Waals surface area contributed by atoms with Crippen LogP contribution in [0.3, 0.4) is 0 Å². The number of rotatable bonds is 4. The molecular formula is C20H22N4O. The van der Waals surface area contributed by atoms with Gasteiger partial charge in [-0.3, -0.25) is 4.90 Å². The molecule has 1 aliphatic heterocycles. The molecule has 3 aromatic rings. The maximum Gasteiger partial charge on any atom is 0.258 e. The molecule has 1 aromatic heterocycles. The van der Waals surface area contributed by atoms with Gasteiger partial charge in [-0.2, -0.15) is 4.98 Å². The van der Waals surface area contributed by atoms with E-state index in [2.05, 4.69) is 45.2 Å². The zero-order chi connectivity index (χ0) is 17.1. The van der Waals surface area contributed by atoms with Gasteiger partial charge in [-0.1, -0.05) is 53.7 Å². The van der Waals surface area contributed by atoms with Crippen LogP contribution in [0.5, 0.6) is 0 Å². The minimum atomic E-state index is 0.587. The highest BCUT2D eigenvalue weighted by molar-refractivity contribution is 5.79. The summed E-state index contributed by atoms with van der Waals surface area (Å²) in [5.74, 6) is 1.34. The second-order valence-corrected chi connectivity index (χ2v) is 6.51. The number of nitrogens with zero attached hydrogens (tertiary/aromatic N) is 4. The molecule has 0 saturated carbocycles. The Morgan fingerprint density at radius 2 is 1.56 bits per heavy atom. The van der Waals surface area contributed by atoms with E-state index in [4.69, 9.17) is 4.52 Å². The van der Waals surface area contributed by atoms with Crippen LogP contribution in [0.4, 0.5) is 0 Å². The first-order chi connectivity index (χ1) is 12.3. The number of hydrogen-bond donors (Lipinski definition) is 0. The predicted octanol–water partition coefficient (Wildman–Crippen LogP) is 3.15. The van der Waals surface area contributed by atoms with Gasteiger partial charge in [-0.15, -0.1) is 0 Å². The first-order valence-electron chi connectivity index (χ1n) is 8.68. The van der Waals surface area contributed by atoms with Crippen LogP contribution >= 0.6 is 0 Å². The van der Waals surface area contributed by atoms with Gasteiger partial charge in [0.2, 0.25) is 0 Å². The molecule has 1 fully saturated rings. The Bertz CT molecular complexity index is 822. The van der Waals surface area contributed by atoms with Crippen LogP contribution in [0.2, 0.25) is 0 Å². The molecule has 1 aliphatic rings. The van der Waals surface area contributed by atoms with Gasteiger partial charge in [-0.05, 0) is 24.2 Å². The molecule has 0 unspecified atom stereocenters. The maximum atomic E-state index is 5.58. The Morgan fingerprint density at radius 1 is 0.880 bits per heavy atom. The average Bonchev–Trinajstić information content (AvgIpc) is 3.13. The standard InChI is InChI=1S/C20H22N4O/c1-23-11-13-24(14-12-23)15-19-21-20(25-22-19)18-10-6-5-9-17(18)16-7-3-2-4-8-16/h2-10H,11-15H2,1H3. The molecule has 0 spiro atoms. The molecule has 0 aliphatic carbocycles. The summed E-state index contributed by atoms with van der Waals surface area (Å²) in [6.45, 7) is 5.00. The SMILES string of the molecule is CN1CCN(Cc2noc(-c3ccccc3-c3ccccc3)n2)CC1. The van der Waals surface area contributed by atoms with E-state index in [1.165, 1.54) is 0 Å². The molecular weight excluding hydrogens is 312 g/mol. The number of benzene rings is 2. The van der Waals surface area contributed by atoms with E-state index in [1.807, 2.05) is 36.4 Å². The first kappa shape index (κ1) is 16.0. The van der Waals surface area contributed by atoms with E-state index in [9.17, 15) is 0 Å². The Morgan fingerprint density at radius 3 is 2.32 bits per heavy atom. The molecule has 1 saturated heterocycles. The van der Waals surface area contributed by atoms with Gasteiger partial charge in [0.15, 0.2) is 5.82 Å². The molecule has 0 radical (unpaired) electrons. The molecule has 0 bridgehead atoms. The number of piperazine rings is 1. The van der Waals surface area contributed by atoms with Crippen molar-refractivity contribution in [1.29, 1.82) is 0 Å². The van der Waals surface area contributed by atoms with Crippen molar-refractivity contribution >= 4 is 0 Å². The highest BCUT2D eigenvalue weighted by Gasteiger charge is 2.18. The third kappa shape index (κ3) is 3.62. The number of hydrogen-bond acceptors (Lipinski definition) is 5. The van der Waals surface area contributed by atoms with E-state index < -0.39 is 0 Å². The summed E-state index contributed by atoms with van der Waals surface area (Å²) in [5, 5.41) is 4.20. The van der Waals surface area contributed by atoms with Gasteiger partial charge in [0.05, 0.1) is 6.54 Å². The minimum Gasteiger partial charge on any atom is -0.334 e. The van der Waals surface area contributed by atoms with Crippen LogP contribution in [-0.4, -0.2) is 53.2 Å². The normalized spacial score (nSPS) is 16.2. The van der Waals surface area contributed by atoms with Crippen LogP contribution < -0.4 is 0 Å². The van der Waals surface area contributed by atoms with Crippen molar-refractivity contribution < 1.29 is 4.52 Å². The van der Waals surface area contributed by atoms with E-state index in [0.29, 0.717) is 5.89 Å². The summed E-state index contributed by atoms with van der Waals surface area (Å²) in [7, 11) is 2.16. The van der Waals surface area contributed by atoms with Crippen molar-refractivity contribution in [2.24, 2.45) is 0 Å². The van der Waals surface area contributed by atoms with Crippen LogP contribution in [0.15, 0.2) is 59.1 Å². The van der Waals surface area contributed by atoms with Crippen molar-refractivity contribution in [2.75, 3.05) is 33.2 Å². The van der Waals surface area contributed by atoms with Gasteiger partial charge >= 0.3 is 0 Å². The molecule has 25 heavy (non-hydrogen) atoms. The molecule has 0 amide bonds. The van der Waals surface area contributed by atoms with Gasteiger partial charge in [0.25, 0.3) is 5.89 Å². The number of aromatic nitrogens is 2. The van der Waals surface area contributed by atoms with Crippen molar-refractivity contribution in [2.45, 2.75) is 6.54 Å². The summed E-state index contributed by atoms with van der Waals surface area (Å²) >= 11 is 0. The molecule has 0 N–H and O–H groups in total. The third-order valence-corrected chi connectivity index (χ3v) is 4.67. The highest BCUT2D eigenvalue weighted by atomic mass is 16.5. The Hall–Kier alpha value is -2.50. The Balaban J connectivity index is 1.57. The molecule has 0 atom stereocenters. The average molecular weight is 334 g/mol. The lowest BCUT2D eigenvalue weighted by molar-refractivity contribution is 0.144. The zero-order valence-electron chi connectivity index (χ0n) is 14.4. The molecule has 128 valence electrons. The van der Waals surface area contributed by atoms with Gasteiger partial charge < -0.3 is 9.42 Å². The third-order valence-electron chi connectivity index (χ3n) is 4.67. The Labute approximate surface area is 147 Å². The quantitative estimate of drug-likeness (QED) is 0.733. The van der Waals surface area contributed by atoms with Gasteiger partial charge in [-0.25, -0.2) is 0 Å². The molecule has 5 heteroatoms. The summed E-state index contributed by atoms with van der Waals surface area (Å²) in [6, 6.07) is 18.5. The van der Waals surface area contributed by atoms with E-state index in [1.54, 1.807) is 0 Å². The van der Waals surface area contributed by atoms with Crippen molar-refractivity contribution in [3.8, 4) is 22.6 Å². The second-order valence-electron chi connectivity index (χ2n) is 6.51. The van der Waals surface area contributed by atoms with Crippen LogP contribution in [-0.2, 0) is 6.54 Å². The monoisotopic (exact) mass is 334 g/mol. The summed E-state index contributed by atoms with van der Waals surface area (Å²) in [5.41, 5.74) is 3.24. The highest BCUT2D eigenvalue weighted by Crippen LogP contribution is 2.30. The molecule has 2 heterocycles. The molecule has 2 aromatic carbocycles. The lowest BCUT2D eigenvalue weighted by Crippen LogP contribution is -2.44. The van der Waals surface area contributed by atoms with Crippen molar-refractivity contribution in [1.82, 2.24) is 19.9 Å². The second kappa shape index (κ2) is 7.17. The molecule has 5 nitrogen and oxygen atoms in total. The largest absolute Gasteiger partial charge is 0.334 e. The van der Waals surface area contributed by atoms with E-state index >= 15 is 0 Å². The Kier molecular flexibility index (Phi) is 4.59. The fourth-order valence-electron chi connectivity index (χ4n) is 3.17. The van der Waals surface area contributed by atoms with E-state index in [-0.39, 0.29) is 0 Å². The fraction of sp³-hybridized carbons (Fsp3) is 0.300. The summed E-state index contributed by atoms with van der Waals surface area (Å²) in [4.78, 5) is 9.36. The lowest BCUT2D eigenvalue weighted by atomic mass is 10.00. The topological polar surface area (TPSA) is 45.4 Å². The summed E-state index contributed by atoms with van der Waals surface area (Å²) < 4.78 is 5.58. The van der Waals surface area contributed by atoms with E-state index in [0.717, 1.165) is 55.2 Å². The fourth-order valence-corrected chi connectivity index (χ4v) is 3.17. The van der Waals surface area contributed by atoms with Crippen molar-refractivity contribution in [3.05, 3.63) is 60.4 Å². The predicted molar refractivity (Wildman–Crippen MR) is 97.9 cm³/mol. The zero-order valence-corrected chi connectivity index (χ0v) is 14.4. The molecule has 4 rings (SSSR count). The van der Waals surface area contributed by atoms with Gasteiger partial charge in [0, 0.05) is 31.7 Å². The van der Waals surface area contributed by atoms with Crippen LogP contribution in [0.25, 0.3) is 22.6 Å². The minimum absolute atomic E-state index is 0.587. The first-order valence-corrected chi connectivity index (χ1v) is 8.68. The van der Waals surface area contributed by atoms with Crippen LogP contribution in [0.1, 0.15) is 5.82 Å². The smallest absolute Gasteiger partial charge is 0.258 e. The summed E-state index contributed by atoms with van der Waals surface area (Å²) in [6.07, 6.45) is 0. The van der Waals surface area contributed by atoms with Crippen molar-refractivity contribution in [3.63, 3.8) is 0 Å². The maximum absolute atomic E-state index is 5.58.